The van der Waals surface area contributed by atoms with Crippen molar-refractivity contribution in [1.82, 2.24) is 10.2 Å². The van der Waals surface area contributed by atoms with Crippen LogP contribution < -0.4 is 5.32 Å². The molecular formula is C29H25IN2O5S. The smallest absolute Gasteiger partial charge is 0.356 e. The lowest BCUT2D eigenvalue weighted by atomic mass is 10.0. The fraction of sp³-hybridized carbons (Fsp3) is 0.207. The second-order valence-electron chi connectivity index (χ2n) is 8.90. The number of rotatable bonds is 8. The molecule has 9 heteroatoms. The number of hydrogen-bond donors (Lipinski definition) is 2. The van der Waals surface area contributed by atoms with Gasteiger partial charge < -0.3 is 15.2 Å². The average molecular weight is 640 g/mol. The van der Waals surface area contributed by atoms with E-state index >= 15 is 0 Å². The Kier molecular flexibility index (Phi) is 8.15. The molecule has 5 rings (SSSR count). The molecule has 1 fully saturated rings. The lowest BCUT2D eigenvalue weighted by Gasteiger charge is -2.49. The van der Waals surface area contributed by atoms with Crippen molar-refractivity contribution in [3.63, 3.8) is 0 Å². The summed E-state index contributed by atoms with van der Waals surface area (Å²) in [6.45, 7) is 0. The number of nitrogens with one attached hydrogen (secondary N) is 1. The first kappa shape index (κ1) is 26.5. The number of nitrogens with zero attached hydrogens (tertiary/aromatic N) is 1. The van der Waals surface area contributed by atoms with Crippen LogP contribution in [0.25, 0.3) is 0 Å². The molecule has 3 atom stereocenters. The van der Waals surface area contributed by atoms with Crippen molar-refractivity contribution in [3.8, 4) is 0 Å². The minimum atomic E-state index is -1.39. The van der Waals surface area contributed by atoms with E-state index in [4.69, 9.17) is 4.74 Å². The summed E-state index contributed by atoms with van der Waals surface area (Å²) < 4.78 is 6.63. The summed E-state index contributed by atoms with van der Waals surface area (Å²) >= 11 is 3.66. The lowest BCUT2D eigenvalue weighted by Crippen LogP contribution is -2.71. The Labute approximate surface area is 238 Å². The second-order valence-corrected chi connectivity index (χ2v) is 10.8. The number of hydrogen-bond acceptors (Lipinski definition) is 6. The minimum Gasteiger partial charge on any atom is -0.448 e. The quantitative estimate of drug-likeness (QED) is 0.167. The Morgan fingerprint density at radius 3 is 2.00 bits per heavy atom. The second kappa shape index (κ2) is 11.7. The number of aliphatic hydroxyl groups is 1. The molecule has 1 unspecified atom stereocenters. The summed E-state index contributed by atoms with van der Waals surface area (Å²) in [7, 11) is 0. The van der Waals surface area contributed by atoms with E-state index in [1.165, 1.54) is 16.7 Å². The van der Waals surface area contributed by atoms with Gasteiger partial charge in [-0.1, -0.05) is 114 Å². The van der Waals surface area contributed by atoms with Crippen LogP contribution in [0.15, 0.2) is 102 Å². The van der Waals surface area contributed by atoms with Crippen LogP contribution in [-0.2, 0) is 19.1 Å². The van der Waals surface area contributed by atoms with Crippen LogP contribution in [-0.4, -0.2) is 49.4 Å². The topological polar surface area (TPSA) is 95.9 Å². The molecule has 38 heavy (non-hydrogen) atoms. The number of halogens is 1. The SMILES string of the molecule is O=C(OC(c1ccccc1)c1ccccc1)C1=C(CI)CS[C@@H]2[C@H](NC(=O)C(O)c3ccccc3)C(=O)N12. The predicted octanol–water partition coefficient (Wildman–Crippen LogP) is 4.14. The number of esters is 1. The summed E-state index contributed by atoms with van der Waals surface area (Å²) in [6.07, 6.45) is -2.04. The molecule has 7 nitrogen and oxygen atoms in total. The van der Waals surface area contributed by atoms with E-state index in [1.807, 2.05) is 60.7 Å². The van der Waals surface area contributed by atoms with E-state index in [-0.39, 0.29) is 5.70 Å². The molecule has 0 aliphatic carbocycles. The van der Waals surface area contributed by atoms with Gasteiger partial charge in [-0.2, -0.15) is 0 Å². The van der Waals surface area contributed by atoms with Crippen molar-refractivity contribution in [3.05, 3.63) is 119 Å². The van der Waals surface area contributed by atoms with Crippen molar-refractivity contribution < 1.29 is 24.2 Å². The Morgan fingerprint density at radius 1 is 0.947 bits per heavy atom. The van der Waals surface area contributed by atoms with Gasteiger partial charge in [0, 0.05) is 10.2 Å². The number of benzene rings is 3. The highest BCUT2D eigenvalue weighted by Gasteiger charge is 2.54. The molecule has 3 aromatic rings. The van der Waals surface area contributed by atoms with E-state index in [0.717, 1.165) is 16.7 Å². The van der Waals surface area contributed by atoms with E-state index in [2.05, 4.69) is 27.9 Å². The van der Waals surface area contributed by atoms with Gasteiger partial charge >= 0.3 is 5.97 Å². The highest BCUT2D eigenvalue weighted by Crippen LogP contribution is 2.42. The summed E-state index contributed by atoms with van der Waals surface area (Å²) in [5.74, 6) is -1.12. The standard InChI is InChI=1S/C29H25IN2O5S/c30-16-21-17-38-28-22(31-26(34)24(33)18-10-4-1-5-11-18)27(35)32(28)23(21)29(36)37-25(19-12-6-2-7-13-19)20-14-8-3-9-15-20/h1-15,22,24-25,28,33H,16-17H2,(H,31,34)/t22-,24?,28-/m1/s1. The van der Waals surface area contributed by atoms with Gasteiger partial charge in [-0.25, -0.2) is 4.79 Å². The van der Waals surface area contributed by atoms with Gasteiger partial charge in [-0.15, -0.1) is 11.8 Å². The monoisotopic (exact) mass is 640 g/mol. The third kappa shape index (κ3) is 5.23. The van der Waals surface area contributed by atoms with Gasteiger partial charge in [0.05, 0.1) is 0 Å². The summed E-state index contributed by atoms with van der Waals surface area (Å²) in [4.78, 5) is 41.1. The van der Waals surface area contributed by atoms with Crippen LogP contribution in [0, 0.1) is 0 Å². The zero-order valence-electron chi connectivity index (χ0n) is 20.2. The number of ether oxygens (including phenoxy) is 1. The molecule has 3 aromatic carbocycles. The molecular weight excluding hydrogens is 615 g/mol. The molecule has 194 valence electrons. The average Bonchev–Trinajstić information content (AvgIpc) is 2.98. The van der Waals surface area contributed by atoms with Crippen LogP contribution in [0.4, 0.5) is 0 Å². The van der Waals surface area contributed by atoms with Gasteiger partial charge in [0.25, 0.3) is 11.8 Å². The maximum Gasteiger partial charge on any atom is 0.356 e. The fourth-order valence-corrected chi connectivity index (χ4v) is 6.88. The van der Waals surface area contributed by atoms with Crippen molar-refractivity contribution in [1.29, 1.82) is 0 Å². The van der Waals surface area contributed by atoms with Crippen molar-refractivity contribution >= 4 is 52.1 Å². The van der Waals surface area contributed by atoms with Crippen molar-refractivity contribution in [2.24, 2.45) is 0 Å². The molecule has 2 N–H and O–H groups in total. The van der Waals surface area contributed by atoms with Gasteiger partial charge in [-0.3, -0.25) is 14.5 Å². The van der Waals surface area contributed by atoms with E-state index in [9.17, 15) is 19.5 Å². The summed E-state index contributed by atoms with van der Waals surface area (Å²) in [5, 5.41) is 12.7. The third-order valence-electron chi connectivity index (χ3n) is 6.49. The Hall–Kier alpha value is -3.15. The van der Waals surface area contributed by atoms with Crippen LogP contribution in [0.2, 0.25) is 0 Å². The number of alkyl halides is 1. The minimum absolute atomic E-state index is 0.235. The number of thioether (sulfide) groups is 1. The van der Waals surface area contributed by atoms with Crippen LogP contribution in [0.3, 0.4) is 0 Å². The van der Waals surface area contributed by atoms with Gasteiger partial charge in [0.15, 0.2) is 12.2 Å². The number of fused-ring (bicyclic) bond motifs is 1. The van der Waals surface area contributed by atoms with Gasteiger partial charge in [0.2, 0.25) is 0 Å². The van der Waals surface area contributed by atoms with Crippen LogP contribution in [0.5, 0.6) is 0 Å². The number of aliphatic hydroxyl groups excluding tert-OH is 1. The maximum atomic E-state index is 13.7. The van der Waals surface area contributed by atoms with Crippen LogP contribution in [0.1, 0.15) is 28.9 Å². The van der Waals surface area contributed by atoms with E-state index in [0.29, 0.717) is 15.7 Å². The Bertz CT molecular complexity index is 1310. The molecule has 0 spiro atoms. The van der Waals surface area contributed by atoms with Crippen molar-refractivity contribution in [2.45, 2.75) is 23.6 Å². The molecule has 2 amide bonds. The highest BCUT2D eigenvalue weighted by molar-refractivity contribution is 14.1. The Balaban J connectivity index is 1.36. The van der Waals surface area contributed by atoms with Crippen LogP contribution >= 0.6 is 34.4 Å². The number of carbonyl (C=O) groups excluding carboxylic acids is 3. The fourth-order valence-electron chi connectivity index (χ4n) is 4.54. The predicted molar refractivity (Wildman–Crippen MR) is 153 cm³/mol. The Morgan fingerprint density at radius 2 is 1.47 bits per heavy atom. The largest absolute Gasteiger partial charge is 0.448 e. The maximum absolute atomic E-state index is 13.7. The zero-order valence-corrected chi connectivity index (χ0v) is 23.2. The summed E-state index contributed by atoms with van der Waals surface area (Å²) in [5.41, 5.74) is 3.12. The molecule has 0 radical (unpaired) electrons. The first-order valence-electron chi connectivity index (χ1n) is 12.1. The molecule has 0 saturated carbocycles. The normalized spacial score (nSPS) is 19.4. The van der Waals surface area contributed by atoms with Gasteiger partial charge in [0.1, 0.15) is 17.1 Å². The molecule has 0 bridgehead atoms. The molecule has 1 saturated heterocycles. The number of amides is 2. The van der Waals surface area contributed by atoms with E-state index in [1.54, 1.807) is 30.3 Å². The number of β-lactam (4-membered cyclic amide) rings is 1. The number of carbonyl (C=O) groups is 3. The molecule has 2 aliphatic heterocycles. The third-order valence-corrected chi connectivity index (χ3v) is 8.75. The molecule has 0 aromatic heterocycles. The lowest BCUT2D eigenvalue weighted by molar-refractivity contribution is -0.155. The van der Waals surface area contributed by atoms with E-state index < -0.39 is 41.4 Å². The van der Waals surface area contributed by atoms with Gasteiger partial charge in [-0.05, 0) is 22.3 Å². The molecule has 2 heterocycles. The summed E-state index contributed by atoms with van der Waals surface area (Å²) in [6, 6.07) is 26.6. The molecule has 2 aliphatic rings. The first-order valence-corrected chi connectivity index (χ1v) is 14.6. The zero-order chi connectivity index (χ0) is 26.6. The highest BCUT2D eigenvalue weighted by atomic mass is 127. The first-order chi connectivity index (χ1) is 18.5. The van der Waals surface area contributed by atoms with Crippen molar-refractivity contribution in [2.75, 3.05) is 10.2 Å².